The van der Waals surface area contributed by atoms with Gasteiger partial charge in [-0.05, 0) is 26.7 Å². The summed E-state index contributed by atoms with van der Waals surface area (Å²) in [4.78, 5) is 37.4. The van der Waals surface area contributed by atoms with Gasteiger partial charge in [-0.15, -0.1) is 0 Å². The quantitative estimate of drug-likeness (QED) is 0.784. The maximum atomic E-state index is 12.2. The Kier molecular flexibility index (Phi) is 5.36. The van der Waals surface area contributed by atoms with Crippen LogP contribution in [0.2, 0.25) is 0 Å². The van der Waals surface area contributed by atoms with Crippen LogP contribution in [0.3, 0.4) is 0 Å². The van der Waals surface area contributed by atoms with E-state index < -0.39 is 23.5 Å². The minimum atomic E-state index is -0.697. The number of esters is 1. The number of nitrogens with zero attached hydrogens (tertiary/aromatic N) is 1. The molecule has 1 fully saturated rings. The summed E-state index contributed by atoms with van der Waals surface area (Å²) >= 11 is 0. The zero-order chi connectivity index (χ0) is 16.4. The number of hydrogen-bond donors (Lipinski definition) is 1. The molecule has 0 saturated carbocycles. The van der Waals surface area contributed by atoms with Crippen LogP contribution < -0.4 is 5.32 Å². The molecule has 0 aromatic heterocycles. The summed E-state index contributed by atoms with van der Waals surface area (Å²) in [5, 5.41) is 2.73. The summed E-state index contributed by atoms with van der Waals surface area (Å²) in [6, 6.07) is -0.697. The molecule has 1 N–H and O–H groups in total. The number of rotatable bonds is 4. The molecule has 2 amide bonds. The van der Waals surface area contributed by atoms with Crippen LogP contribution in [0.25, 0.3) is 0 Å². The molecule has 1 rings (SSSR count). The fourth-order valence-electron chi connectivity index (χ4n) is 2.17. The summed E-state index contributed by atoms with van der Waals surface area (Å²) in [5.74, 6) is -1.24. The molecule has 0 bridgehead atoms. The standard InChI is InChI=1S/C15H26N2O4/c1-9(2)12(14(20)21-15(3,4)5)16-13(19)10-7-11(18)17(6)8-10/h9-10,12H,7-8H2,1-6H3,(H,16,19)/t10?,12-/m0/s1. The van der Waals surface area contributed by atoms with E-state index in [0.29, 0.717) is 6.54 Å². The molecule has 2 atom stereocenters. The van der Waals surface area contributed by atoms with E-state index in [0.717, 1.165) is 0 Å². The molecule has 1 unspecified atom stereocenters. The van der Waals surface area contributed by atoms with Gasteiger partial charge in [-0.3, -0.25) is 9.59 Å². The van der Waals surface area contributed by atoms with E-state index >= 15 is 0 Å². The Labute approximate surface area is 126 Å². The Bertz CT molecular complexity index is 426. The van der Waals surface area contributed by atoms with Crippen molar-refractivity contribution < 1.29 is 19.1 Å². The normalized spacial score (nSPS) is 20.6. The van der Waals surface area contributed by atoms with Gasteiger partial charge in [0.25, 0.3) is 0 Å². The number of carbonyl (C=O) groups is 3. The van der Waals surface area contributed by atoms with Gasteiger partial charge in [0.05, 0.1) is 5.92 Å². The van der Waals surface area contributed by atoms with E-state index in [1.807, 2.05) is 13.8 Å². The Morgan fingerprint density at radius 1 is 1.33 bits per heavy atom. The first-order valence-corrected chi connectivity index (χ1v) is 7.28. The molecule has 0 spiro atoms. The van der Waals surface area contributed by atoms with Crippen molar-refractivity contribution in [1.29, 1.82) is 0 Å². The van der Waals surface area contributed by atoms with E-state index in [2.05, 4.69) is 5.32 Å². The highest BCUT2D eigenvalue weighted by molar-refractivity contribution is 5.91. The topological polar surface area (TPSA) is 75.7 Å². The third-order valence-corrected chi connectivity index (χ3v) is 3.34. The van der Waals surface area contributed by atoms with Gasteiger partial charge in [0.2, 0.25) is 11.8 Å². The molecule has 120 valence electrons. The average Bonchev–Trinajstić information content (AvgIpc) is 2.63. The lowest BCUT2D eigenvalue weighted by Gasteiger charge is -2.27. The number of likely N-dealkylation sites (tertiary alicyclic amines) is 1. The number of nitrogens with one attached hydrogen (secondary N) is 1. The van der Waals surface area contributed by atoms with E-state index in [9.17, 15) is 14.4 Å². The van der Waals surface area contributed by atoms with Gasteiger partial charge in [0, 0.05) is 20.0 Å². The lowest BCUT2D eigenvalue weighted by molar-refractivity contribution is -0.160. The van der Waals surface area contributed by atoms with Crippen LogP contribution in [-0.4, -0.2) is 47.9 Å². The van der Waals surface area contributed by atoms with Gasteiger partial charge < -0.3 is 15.0 Å². The van der Waals surface area contributed by atoms with Crippen LogP contribution in [-0.2, 0) is 19.1 Å². The minimum absolute atomic E-state index is 0.0477. The second kappa shape index (κ2) is 6.45. The highest BCUT2D eigenvalue weighted by Gasteiger charge is 2.36. The van der Waals surface area contributed by atoms with Crippen molar-refractivity contribution >= 4 is 17.8 Å². The summed E-state index contributed by atoms with van der Waals surface area (Å²) < 4.78 is 5.34. The van der Waals surface area contributed by atoms with Gasteiger partial charge in [-0.2, -0.15) is 0 Å². The Morgan fingerprint density at radius 3 is 2.29 bits per heavy atom. The molecule has 0 aliphatic carbocycles. The first-order valence-electron chi connectivity index (χ1n) is 7.28. The van der Waals surface area contributed by atoms with Crippen molar-refractivity contribution in [2.75, 3.05) is 13.6 Å². The smallest absolute Gasteiger partial charge is 0.329 e. The zero-order valence-electron chi connectivity index (χ0n) is 13.7. The van der Waals surface area contributed by atoms with E-state index in [1.165, 1.54) is 4.90 Å². The number of amides is 2. The van der Waals surface area contributed by atoms with Crippen LogP contribution in [0.15, 0.2) is 0 Å². The zero-order valence-corrected chi connectivity index (χ0v) is 13.7. The lowest BCUT2D eigenvalue weighted by Crippen LogP contribution is -2.49. The van der Waals surface area contributed by atoms with Gasteiger partial charge in [-0.25, -0.2) is 4.79 Å². The summed E-state index contributed by atoms with van der Waals surface area (Å²) in [6.07, 6.45) is 0.196. The molecular weight excluding hydrogens is 272 g/mol. The van der Waals surface area contributed by atoms with Crippen molar-refractivity contribution in [2.45, 2.75) is 52.7 Å². The molecule has 0 aromatic rings. The van der Waals surface area contributed by atoms with E-state index in [-0.39, 0.29) is 24.2 Å². The van der Waals surface area contributed by atoms with Crippen LogP contribution in [0.4, 0.5) is 0 Å². The van der Waals surface area contributed by atoms with Crippen molar-refractivity contribution in [3.63, 3.8) is 0 Å². The SMILES string of the molecule is CC(C)[C@H](NC(=O)C1CC(=O)N(C)C1)C(=O)OC(C)(C)C. The number of hydrogen-bond acceptors (Lipinski definition) is 4. The molecule has 1 saturated heterocycles. The highest BCUT2D eigenvalue weighted by atomic mass is 16.6. The maximum Gasteiger partial charge on any atom is 0.329 e. The van der Waals surface area contributed by atoms with E-state index in [4.69, 9.17) is 4.74 Å². The first kappa shape index (κ1) is 17.5. The monoisotopic (exact) mass is 298 g/mol. The molecule has 0 radical (unpaired) electrons. The van der Waals surface area contributed by atoms with Gasteiger partial charge in [0.15, 0.2) is 0 Å². The lowest BCUT2D eigenvalue weighted by atomic mass is 10.0. The van der Waals surface area contributed by atoms with Crippen molar-refractivity contribution in [2.24, 2.45) is 11.8 Å². The largest absolute Gasteiger partial charge is 0.458 e. The van der Waals surface area contributed by atoms with Crippen LogP contribution in [0.5, 0.6) is 0 Å². The van der Waals surface area contributed by atoms with Gasteiger partial charge in [0.1, 0.15) is 11.6 Å². The molecule has 1 aliphatic rings. The second-order valence-corrected chi connectivity index (χ2v) is 6.94. The Balaban J connectivity index is 2.69. The summed E-state index contributed by atoms with van der Waals surface area (Å²) in [5.41, 5.74) is -0.599. The molecule has 21 heavy (non-hydrogen) atoms. The molecular formula is C15H26N2O4. The van der Waals surface area contributed by atoms with E-state index in [1.54, 1.807) is 27.8 Å². The van der Waals surface area contributed by atoms with Crippen molar-refractivity contribution in [1.82, 2.24) is 10.2 Å². The number of carbonyl (C=O) groups excluding carboxylic acids is 3. The Morgan fingerprint density at radius 2 is 1.90 bits per heavy atom. The predicted octanol–water partition coefficient (Wildman–Crippen LogP) is 0.947. The van der Waals surface area contributed by atoms with Crippen LogP contribution >= 0.6 is 0 Å². The fourth-order valence-corrected chi connectivity index (χ4v) is 2.17. The summed E-state index contributed by atoms with van der Waals surface area (Å²) in [6.45, 7) is 9.45. The predicted molar refractivity (Wildman–Crippen MR) is 78.4 cm³/mol. The molecule has 1 aliphatic heterocycles. The van der Waals surface area contributed by atoms with Crippen molar-refractivity contribution in [3.05, 3.63) is 0 Å². The molecule has 1 heterocycles. The van der Waals surface area contributed by atoms with Gasteiger partial charge in [-0.1, -0.05) is 13.8 Å². The summed E-state index contributed by atoms with van der Waals surface area (Å²) in [7, 11) is 1.67. The van der Waals surface area contributed by atoms with Crippen LogP contribution in [0, 0.1) is 11.8 Å². The van der Waals surface area contributed by atoms with Crippen LogP contribution in [0.1, 0.15) is 41.0 Å². The van der Waals surface area contributed by atoms with Crippen molar-refractivity contribution in [3.8, 4) is 0 Å². The Hall–Kier alpha value is -1.59. The molecule has 6 heteroatoms. The maximum absolute atomic E-state index is 12.2. The second-order valence-electron chi connectivity index (χ2n) is 6.94. The molecule has 6 nitrogen and oxygen atoms in total. The minimum Gasteiger partial charge on any atom is -0.458 e. The number of ether oxygens (including phenoxy) is 1. The first-order chi connectivity index (χ1) is 9.51. The highest BCUT2D eigenvalue weighted by Crippen LogP contribution is 2.18. The van der Waals surface area contributed by atoms with Gasteiger partial charge >= 0.3 is 5.97 Å². The average molecular weight is 298 g/mol. The third kappa shape index (κ3) is 5.02. The molecule has 0 aromatic carbocycles. The fraction of sp³-hybridized carbons (Fsp3) is 0.800. The third-order valence-electron chi connectivity index (χ3n) is 3.34.